The summed E-state index contributed by atoms with van der Waals surface area (Å²) in [6.45, 7) is 5.31. The Morgan fingerprint density at radius 1 is 0.860 bits per heavy atom. The van der Waals surface area contributed by atoms with Gasteiger partial charge in [-0.2, -0.15) is 4.31 Å². The highest BCUT2D eigenvalue weighted by atomic mass is 32.2. The number of para-hydroxylation sites is 2. The van der Waals surface area contributed by atoms with Gasteiger partial charge in [-0.1, -0.05) is 90.5 Å². The Hall–Kier alpha value is -4.47. The number of fused-ring (bicyclic) bond motifs is 1. The van der Waals surface area contributed by atoms with E-state index in [1.54, 1.807) is 38.1 Å². The lowest BCUT2D eigenvalue weighted by Crippen LogP contribution is -2.52. The Morgan fingerprint density at radius 2 is 1.44 bits per heavy atom. The van der Waals surface area contributed by atoms with Gasteiger partial charge in [0.2, 0.25) is 15.9 Å². The maximum Gasteiger partial charge on any atom is 0.263 e. The molecule has 43 heavy (non-hydrogen) atoms. The van der Waals surface area contributed by atoms with E-state index in [9.17, 15) is 18.0 Å². The van der Waals surface area contributed by atoms with Gasteiger partial charge >= 0.3 is 0 Å². The molecule has 8 nitrogen and oxygen atoms in total. The van der Waals surface area contributed by atoms with Crippen LogP contribution in [0.3, 0.4) is 0 Å². The maximum atomic E-state index is 14.2. The molecule has 1 unspecified atom stereocenters. The van der Waals surface area contributed by atoms with Crippen LogP contribution < -0.4 is 15.0 Å². The molecule has 4 aromatic carbocycles. The van der Waals surface area contributed by atoms with Crippen LogP contribution in [0.15, 0.2) is 102 Å². The van der Waals surface area contributed by atoms with Crippen LogP contribution in [0.4, 0.5) is 5.69 Å². The molecule has 0 fully saturated rings. The Kier molecular flexibility index (Phi) is 8.94. The lowest BCUT2D eigenvalue weighted by Gasteiger charge is -2.35. The number of nitrogens with zero attached hydrogens (tertiary/aromatic N) is 2. The molecular formula is C34H35N3O5S. The SMILES string of the molecule is Cc1cc(C)c(S(=O)(=O)N(CC(=O)N2CC(C(=O)NCc3ccccc3)Oc3ccccc32)Cc2ccccc2)c(C)c1. The second kappa shape index (κ2) is 12.8. The first-order valence-corrected chi connectivity index (χ1v) is 15.6. The molecule has 4 aromatic rings. The highest BCUT2D eigenvalue weighted by Crippen LogP contribution is 2.34. The van der Waals surface area contributed by atoms with Crippen molar-refractivity contribution >= 4 is 27.5 Å². The van der Waals surface area contributed by atoms with Crippen LogP contribution in [0.1, 0.15) is 27.8 Å². The highest BCUT2D eigenvalue weighted by molar-refractivity contribution is 7.89. The summed E-state index contributed by atoms with van der Waals surface area (Å²) in [6, 6.07) is 29.3. The van der Waals surface area contributed by atoms with E-state index < -0.39 is 28.6 Å². The van der Waals surface area contributed by atoms with Crippen molar-refractivity contribution in [2.75, 3.05) is 18.0 Å². The Bertz CT molecular complexity index is 1700. The van der Waals surface area contributed by atoms with Crippen molar-refractivity contribution in [3.8, 4) is 5.75 Å². The van der Waals surface area contributed by atoms with Crippen LogP contribution in [0.25, 0.3) is 0 Å². The van der Waals surface area contributed by atoms with Gasteiger partial charge in [0.25, 0.3) is 5.91 Å². The number of nitrogens with one attached hydrogen (secondary N) is 1. The van der Waals surface area contributed by atoms with Crippen molar-refractivity contribution in [3.63, 3.8) is 0 Å². The third-order valence-electron chi connectivity index (χ3n) is 7.39. The minimum absolute atomic E-state index is 0.00858. The number of carbonyl (C=O) groups is 2. The maximum absolute atomic E-state index is 14.2. The fourth-order valence-corrected chi connectivity index (χ4v) is 7.25. The molecule has 0 radical (unpaired) electrons. The molecule has 1 aliphatic heterocycles. The van der Waals surface area contributed by atoms with Crippen LogP contribution >= 0.6 is 0 Å². The molecule has 0 aromatic heterocycles. The number of rotatable bonds is 9. The molecule has 2 amide bonds. The zero-order valence-corrected chi connectivity index (χ0v) is 25.3. The fourth-order valence-electron chi connectivity index (χ4n) is 5.46. The van der Waals surface area contributed by atoms with Crippen molar-refractivity contribution in [1.29, 1.82) is 0 Å². The summed E-state index contributed by atoms with van der Waals surface area (Å²) in [4.78, 5) is 28.9. The first-order chi connectivity index (χ1) is 20.6. The zero-order chi connectivity index (χ0) is 30.6. The highest BCUT2D eigenvalue weighted by Gasteiger charge is 2.37. The molecule has 9 heteroatoms. The van der Waals surface area contributed by atoms with Crippen LogP contribution in [-0.4, -0.2) is 43.7 Å². The van der Waals surface area contributed by atoms with Crippen LogP contribution in [0, 0.1) is 20.8 Å². The van der Waals surface area contributed by atoms with Gasteiger partial charge in [-0.3, -0.25) is 9.59 Å². The van der Waals surface area contributed by atoms with Crippen molar-refractivity contribution in [1.82, 2.24) is 9.62 Å². The fraction of sp³-hybridized carbons (Fsp3) is 0.235. The lowest BCUT2D eigenvalue weighted by molar-refractivity contribution is -0.128. The second-order valence-electron chi connectivity index (χ2n) is 10.8. The number of aryl methyl sites for hydroxylation is 3. The average molecular weight is 598 g/mol. The van der Waals surface area contributed by atoms with Gasteiger partial charge in [0.15, 0.2) is 6.10 Å². The minimum Gasteiger partial charge on any atom is -0.477 e. The van der Waals surface area contributed by atoms with Crippen molar-refractivity contribution in [3.05, 3.63) is 125 Å². The van der Waals surface area contributed by atoms with Gasteiger partial charge in [0.05, 0.1) is 23.7 Å². The zero-order valence-electron chi connectivity index (χ0n) is 24.5. The first-order valence-electron chi connectivity index (χ1n) is 14.1. The molecule has 1 aliphatic rings. The second-order valence-corrected chi connectivity index (χ2v) is 12.6. The number of carbonyl (C=O) groups excluding carboxylic acids is 2. The van der Waals surface area contributed by atoms with E-state index in [0.717, 1.165) is 16.7 Å². The third-order valence-corrected chi connectivity index (χ3v) is 9.49. The number of anilines is 1. The van der Waals surface area contributed by atoms with E-state index in [1.807, 2.05) is 79.7 Å². The van der Waals surface area contributed by atoms with Gasteiger partial charge in [0, 0.05) is 13.1 Å². The van der Waals surface area contributed by atoms with Gasteiger partial charge in [-0.15, -0.1) is 0 Å². The molecule has 1 atom stereocenters. The van der Waals surface area contributed by atoms with E-state index in [2.05, 4.69) is 5.32 Å². The number of ether oxygens (including phenoxy) is 1. The van der Waals surface area contributed by atoms with Crippen LogP contribution in [0.5, 0.6) is 5.75 Å². The topological polar surface area (TPSA) is 96.0 Å². The van der Waals surface area contributed by atoms with Gasteiger partial charge in [0.1, 0.15) is 5.75 Å². The molecule has 222 valence electrons. The lowest BCUT2D eigenvalue weighted by atomic mass is 10.1. The van der Waals surface area contributed by atoms with Gasteiger partial charge in [-0.25, -0.2) is 8.42 Å². The summed E-state index contributed by atoms with van der Waals surface area (Å²) in [5.74, 6) is -0.445. The predicted molar refractivity (Wildman–Crippen MR) is 166 cm³/mol. The summed E-state index contributed by atoms with van der Waals surface area (Å²) >= 11 is 0. The van der Waals surface area contributed by atoms with Crippen molar-refractivity contribution in [2.24, 2.45) is 0 Å². The molecule has 0 bridgehead atoms. The average Bonchev–Trinajstić information content (AvgIpc) is 2.99. The monoisotopic (exact) mass is 597 g/mol. The number of sulfonamides is 1. The van der Waals surface area contributed by atoms with E-state index in [0.29, 0.717) is 29.1 Å². The van der Waals surface area contributed by atoms with E-state index >= 15 is 0 Å². The molecule has 5 rings (SSSR count). The third kappa shape index (κ3) is 6.79. The normalized spacial score (nSPS) is 14.6. The van der Waals surface area contributed by atoms with Crippen molar-refractivity contribution in [2.45, 2.75) is 44.9 Å². The van der Waals surface area contributed by atoms with Crippen molar-refractivity contribution < 1.29 is 22.7 Å². The number of benzene rings is 4. The van der Waals surface area contributed by atoms with E-state index in [4.69, 9.17) is 4.74 Å². The van der Waals surface area contributed by atoms with E-state index in [1.165, 1.54) is 9.21 Å². The smallest absolute Gasteiger partial charge is 0.263 e. The molecule has 0 saturated carbocycles. The summed E-state index contributed by atoms with van der Waals surface area (Å²) in [5, 5.41) is 2.89. The number of hydrogen-bond donors (Lipinski definition) is 1. The quantitative estimate of drug-likeness (QED) is 0.296. The molecule has 0 saturated heterocycles. The largest absolute Gasteiger partial charge is 0.477 e. The Labute approximate surface area is 253 Å². The molecular weight excluding hydrogens is 562 g/mol. The number of hydrogen-bond acceptors (Lipinski definition) is 5. The molecule has 1 N–H and O–H groups in total. The summed E-state index contributed by atoms with van der Waals surface area (Å²) in [5.41, 5.74) is 4.37. The molecule has 0 spiro atoms. The Balaban J connectivity index is 1.44. The summed E-state index contributed by atoms with van der Waals surface area (Å²) < 4.78 is 35.6. The predicted octanol–water partition coefficient (Wildman–Crippen LogP) is 4.91. The summed E-state index contributed by atoms with van der Waals surface area (Å²) in [6.07, 6.45) is -0.969. The minimum atomic E-state index is -4.08. The van der Waals surface area contributed by atoms with E-state index in [-0.39, 0.29) is 23.9 Å². The van der Waals surface area contributed by atoms with Crippen LogP contribution in [0.2, 0.25) is 0 Å². The standard InChI is InChI=1S/C34H35N3O5S/c1-24-18-25(2)33(26(3)19-24)43(40,41)36(21-28-14-8-5-9-15-28)23-32(38)37-22-31(42-30-17-11-10-16-29(30)37)34(39)35-20-27-12-6-4-7-13-27/h4-19,31H,20-23H2,1-3H3,(H,35,39). The number of amides is 2. The molecule has 0 aliphatic carbocycles. The van der Waals surface area contributed by atoms with Gasteiger partial charge in [-0.05, 0) is 55.2 Å². The molecule has 1 heterocycles. The van der Waals surface area contributed by atoms with Gasteiger partial charge < -0.3 is 15.0 Å². The summed E-state index contributed by atoms with van der Waals surface area (Å²) in [7, 11) is -4.08. The first kappa shape index (κ1) is 30.0. The van der Waals surface area contributed by atoms with Crippen LogP contribution in [-0.2, 0) is 32.7 Å². The Morgan fingerprint density at radius 3 is 2.09 bits per heavy atom.